The first kappa shape index (κ1) is 12.0. The zero-order valence-electron chi connectivity index (χ0n) is 9.03. The number of ether oxygens (including phenoxy) is 1. The average Bonchev–Trinajstić information content (AvgIpc) is 2.62. The number of hydrogen-bond acceptors (Lipinski definition) is 3. The van der Waals surface area contributed by atoms with Crippen molar-refractivity contribution in [1.29, 1.82) is 0 Å². The Hall–Kier alpha value is -1.10. The highest BCUT2D eigenvalue weighted by molar-refractivity contribution is 5.84. The van der Waals surface area contributed by atoms with Crippen molar-refractivity contribution in [2.45, 2.75) is 26.4 Å². The molecule has 1 saturated heterocycles. The van der Waals surface area contributed by atoms with Gasteiger partial charge in [-0.05, 0) is 18.3 Å². The molecular formula is C10H17NO4. The molecule has 0 unspecified atom stereocenters. The van der Waals surface area contributed by atoms with Crippen LogP contribution in [0.1, 0.15) is 20.3 Å². The van der Waals surface area contributed by atoms with Gasteiger partial charge < -0.3 is 15.2 Å². The number of amides is 1. The number of carboxylic acid groups (broad SMARTS) is 1. The van der Waals surface area contributed by atoms with Gasteiger partial charge in [0.05, 0.1) is 0 Å². The summed E-state index contributed by atoms with van der Waals surface area (Å²) in [5.74, 6) is -0.789. The summed E-state index contributed by atoms with van der Waals surface area (Å²) in [5, 5.41) is 10.8. The molecule has 1 heterocycles. The minimum atomic E-state index is -1.04. The lowest BCUT2D eigenvalue weighted by atomic mass is 9.89. The zero-order valence-corrected chi connectivity index (χ0v) is 9.03. The first-order valence-electron chi connectivity index (χ1n) is 5.13. The molecule has 0 saturated carbocycles. The maximum atomic E-state index is 11.6. The third kappa shape index (κ3) is 3.20. The first-order valence-corrected chi connectivity index (χ1v) is 5.13. The number of hydrogen-bond donors (Lipinski definition) is 2. The highest BCUT2D eigenvalue weighted by Crippen LogP contribution is 2.27. The molecule has 0 aliphatic carbocycles. The number of nitrogens with one attached hydrogen (secondary N) is 1. The maximum Gasteiger partial charge on any atom is 0.322 e. The van der Waals surface area contributed by atoms with Crippen LogP contribution in [0.2, 0.25) is 0 Å². The molecule has 0 bridgehead atoms. The topological polar surface area (TPSA) is 75.6 Å². The highest BCUT2D eigenvalue weighted by Gasteiger charge is 2.35. The number of rotatable bonds is 4. The molecule has 0 spiro atoms. The van der Waals surface area contributed by atoms with Crippen molar-refractivity contribution in [3.8, 4) is 0 Å². The minimum Gasteiger partial charge on any atom is -0.480 e. The third-order valence-corrected chi connectivity index (χ3v) is 2.67. The molecule has 5 heteroatoms. The Morgan fingerprint density at radius 1 is 1.53 bits per heavy atom. The first-order chi connectivity index (χ1) is 7.02. The molecule has 5 nitrogen and oxygen atoms in total. The van der Waals surface area contributed by atoms with Crippen LogP contribution in [0.15, 0.2) is 0 Å². The van der Waals surface area contributed by atoms with E-state index in [9.17, 15) is 9.59 Å². The Bertz CT molecular complexity index is 252. The van der Waals surface area contributed by atoms with Crippen molar-refractivity contribution in [3.05, 3.63) is 0 Å². The number of carbonyl (C=O) groups is 2. The summed E-state index contributed by atoms with van der Waals surface area (Å²) in [6.45, 7) is 4.31. The number of carbonyl (C=O) groups excluding carboxylic acids is 1. The SMILES string of the molecule is CC(C)[C@@H]1CCO[C@@H]1C(=O)NCC(=O)O. The van der Waals surface area contributed by atoms with E-state index in [1.54, 1.807) is 0 Å². The second-order valence-electron chi connectivity index (χ2n) is 4.10. The monoisotopic (exact) mass is 215 g/mol. The Kier molecular flexibility index (Phi) is 4.08. The van der Waals surface area contributed by atoms with E-state index in [0.29, 0.717) is 12.5 Å². The number of aliphatic carboxylic acids is 1. The predicted molar refractivity (Wildman–Crippen MR) is 53.3 cm³/mol. The van der Waals surface area contributed by atoms with Gasteiger partial charge in [0.15, 0.2) is 0 Å². The fourth-order valence-corrected chi connectivity index (χ4v) is 1.82. The molecule has 1 aliphatic rings. The van der Waals surface area contributed by atoms with Crippen LogP contribution in [0, 0.1) is 11.8 Å². The summed E-state index contributed by atoms with van der Waals surface area (Å²) in [5.41, 5.74) is 0. The van der Waals surface area contributed by atoms with Crippen LogP contribution in [-0.4, -0.2) is 36.2 Å². The van der Waals surface area contributed by atoms with Gasteiger partial charge in [0.1, 0.15) is 12.6 Å². The highest BCUT2D eigenvalue weighted by atomic mass is 16.5. The van der Waals surface area contributed by atoms with E-state index in [2.05, 4.69) is 5.32 Å². The van der Waals surface area contributed by atoms with Crippen LogP contribution in [0.25, 0.3) is 0 Å². The minimum absolute atomic E-state index is 0.193. The molecule has 1 fully saturated rings. The fourth-order valence-electron chi connectivity index (χ4n) is 1.82. The Morgan fingerprint density at radius 3 is 2.73 bits per heavy atom. The van der Waals surface area contributed by atoms with E-state index >= 15 is 0 Å². The maximum absolute atomic E-state index is 11.6. The van der Waals surface area contributed by atoms with Crippen molar-refractivity contribution < 1.29 is 19.4 Å². The molecule has 1 amide bonds. The summed E-state index contributed by atoms with van der Waals surface area (Å²) >= 11 is 0. The third-order valence-electron chi connectivity index (χ3n) is 2.67. The Morgan fingerprint density at radius 2 is 2.20 bits per heavy atom. The van der Waals surface area contributed by atoms with Gasteiger partial charge in [-0.3, -0.25) is 9.59 Å². The predicted octanol–water partition coefficient (Wildman–Crippen LogP) is 0.248. The molecule has 0 radical (unpaired) electrons. The van der Waals surface area contributed by atoms with Gasteiger partial charge in [0.2, 0.25) is 5.91 Å². The summed E-state index contributed by atoms with van der Waals surface area (Å²) in [6.07, 6.45) is 0.382. The second kappa shape index (κ2) is 5.11. The summed E-state index contributed by atoms with van der Waals surface area (Å²) in [6, 6.07) is 0. The van der Waals surface area contributed by atoms with Gasteiger partial charge in [-0.2, -0.15) is 0 Å². The molecule has 2 N–H and O–H groups in total. The normalized spacial score (nSPS) is 25.5. The van der Waals surface area contributed by atoms with Crippen molar-refractivity contribution >= 4 is 11.9 Å². The van der Waals surface area contributed by atoms with Gasteiger partial charge in [0, 0.05) is 6.61 Å². The van der Waals surface area contributed by atoms with Crippen molar-refractivity contribution in [3.63, 3.8) is 0 Å². The Balaban J connectivity index is 2.47. The fraction of sp³-hybridized carbons (Fsp3) is 0.800. The van der Waals surface area contributed by atoms with Crippen LogP contribution in [0.4, 0.5) is 0 Å². The van der Waals surface area contributed by atoms with Gasteiger partial charge in [-0.15, -0.1) is 0 Å². The molecule has 0 aromatic heterocycles. The molecular weight excluding hydrogens is 198 g/mol. The average molecular weight is 215 g/mol. The zero-order chi connectivity index (χ0) is 11.4. The van der Waals surface area contributed by atoms with Crippen molar-refractivity contribution in [1.82, 2.24) is 5.32 Å². The summed E-state index contributed by atoms with van der Waals surface area (Å²) in [4.78, 5) is 21.8. The molecule has 0 aromatic rings. The second-order valence-corrected chi connectivity index (χ2v) is 4.10. The van der Waals surface area contributed by atoms with Crippen LogP contribution in [-0.2, 0) is 14.3 Å². The lowest BCUT2D eigenvalue weighted by Gasteiger charge is -2.20. The van der Waals surface area contributed by atoms with E-state index in [-0.39, 0.29) is 18.4 Å². The van der Waals surface area contributed by atoms with Crippen LogP contribution < -0.4 is 5.32 Å². The summed E-state index contributed by atoms with van der Waals surface area (Å²) in [7, 11) is 0. The Labute approximate surface area is 88.8 Å². The molecule has 86 valence electrons. The standard InChI is InChI=1S/C10H17NO4/c1-6(2)7-3-4-15-9(7)10(14)11-5-8(12)13/h6-7,9H,3-5H2,1-2H3,(H,11,14)(H,12,13)/t7-,9-/m0/s1. The molecule has 1 aliphatic heterocycles. The lowest BCUT2D eigenvalue weighted by molar-refractivity contribution is -0.140. The van der Waals surface area contributed by atoms with E-state index in [1.807, 2.05) is 13.8 Å². The van der Waals surface area contributed by atoms with E-state index in [1.165, 1.54) is 0 Å². The summed E-state index contributed by atoms with van der Waals surface area (Å²) < 4.78 is 5.32. The molecule has 1 rings (SSSR count). The quantitative estimate of drug-likeness (QED) is 0.704. The van der Waals surface area contributed by atoms with Crippen LogP contribution >= 0.6 is 0 Å². The van der Waals surface area contributed by atoms with Gasteiger partial charge >= 0.3 is 5.97 Å². The molecule has 0 aromatic carbocycles. The van der Waals surface area contributed by atoms with Crippen molar-refractivity contribution in [2.75, 3.05) is 13.2 Å². The van der Waals surface area contributed by atoms with Gasteiger partial charge in [0.25, 0.3) is 0 Å². The smallest absolute Gasteiger partial charge is 0.322 e. The van der Waals surface area contributed by atoms with E-state index < -0.39 is 12.1 Å². The van der Waals surface area contributed by atoms with E-state index in [0.717, 1.165) is 6.42 Å². The van der Waals surface area contributed by atoms with Gasteiger partial charge in [-0.1, -0.05) is 13.8 Å². The molecule has 2 atom stereocenters. The largest absolute Gasteiger partial charge is 0.480 e. The number of carboxylic acids is 1. The van der Waals surface area contributed by atoms with E-state index in [4.69, 9.17) is 9.84 Å². The lowest BCUT2D eigenvalue weighted by Crippen LogP contribution is -2.41. The van der Waals surface area contributed by atoms with Gasteiger partial charge in [-0.25, -0.2) is 0 Å². The van der Waals surface area contributed by atoms with Crippen LogP contribution in [0.5, 0.6) is 0 Å². The molecule has 15 heavy (non-hydrogen) atoms. The van der Waals surface area contributed by atoms with Crippen molar-refractivity contribution in [2.24, 2.45) is 11.8 Å². The van der Waals surface area contributed by atoms with Crippen LogP contribution in [0.3, 0.4) is 0 Å².